The number of hydrogen-bond donors (Lipinski definition) is 2. The second-order valence-corrected chi connectivity index (χ2v) is 7.67. The van der Waals surface area contributed by atoms with Gasteiger partial charge >= 0.3 is 12.1 Å². The van der Waals surface area contributed by atoms with Gasteiger partial charge in [-0.25, -0.2) is 4.39 Å². The Kier molecular flexibility index (Phi) is 7.06. The van der Waals surface area contributed by atoms with Crippen molar-refractivity contribution in [3.63, 3.8) is 0 Å². The molecule has 3 N–H and O–H groups in total. The van der Waals surface area contributed by atoms with Gasteiger partial charge < -0.3 is 30.6 Å². The number of nitrogens with one attached hydrogen (secondary N) is 1. The number of halogens is 5. The number of methoxy groups -OCH3 is 1. The maximum absolute atomic E-state index is 14.5. The SMILES string of the molecule is CCOc1c(N2CC(OC)(C(F)(F)F)CC2C(=O)Nc2cc[n+]([O-])c(C(N)=O)c2)ccc(F)c1F. The molecule has 0 bridgehead atoms. The van der Waals surface area contributed by atoms with Crippen LogP contribution in [0.25, 0.3) is 0 Å². The van der Waals surface area contributed by atoms with E-state index in [0.717, 1.165) is 36.4 Å². The van der Waals surface area contributed by atoms with E-state index in [0.29, 0.717) is 6.07 Å². The number of amides is 2. The number of rotatable bonds is 7. The van der Waals surface area contributed by atoms with Crippen LogP contribution in [0.15, 0.2) is 30.5 Å². The smallest absolute Gasteiger partial charge is 0.419 e. The number of primary amides is 1. The molecule has 0 radical (unpaired) electrons. The fourth-order valence-corrected chi connectivity index (χ4v) is 3.83. The predicted octanol–water partition coefficient (Wildman–Crippen LogP) is 2.26. The van der Waals surface area contributed by atoms with Crippen LogP contribution in [0.2, 0.25) is 0 Å². The highest BCUT2D eigenvalue weighted by Crippen LogP contribution is 2.47. The van der Waals surface area contributed by atoms with E-state index < -0.39 is 65.7 Å². The Morgan fingerprint density at radius 1 is 1.31 bits per heavy atom. The van der Waals surface area contributed by atoms with Gasteiger partial charge in [-0.15, -0.1) is 0 Å². The van der Waals surface area contributed by atoms with Crippen molar-refractivity contribution >= 4 is 23.2 Å². The summed E-state index contributed by atoms with van der Waals surface area (Å²) in [6, 6.07) is 2.15. The summed E-state index contributed by atoms with van der Waals surface area (Å²) in [7, 11) is 0.823. The molecule has 1 saturated heterocycles. The van der Waals surface area contributed by atoms with Gasteiger partial charge in [0.25, 0.3) is 5.69 Å². The minimum Gasteiger partial charge on any atom is -0.618 e. The predicted molar refractivity (Wildman–Crippen MR) is 112 cm³/mol. The summed E-state index contributed by atoms with van der Waals surface area (Å²) in [6.07, 6.45) is -4.96. The van der Waals surface area contributed by atoms with E-state index >= 15 is 0 Å². The lowest BCUT2D eigenvalue weighted by Crippen LogP contribution is -2.49. The number of anilines is 2. The Labute approximate surface area is 195 Å². The van der Waals surface area contributed by atoms with Gasteiger partial charge in [0.2, 0.25) is 11.7 Å². The van der Waals surface area contributed by atoms with Crippen LogP contribution in [0.3, 0.4) is 0 Å². The minimum absolute atomic E-state index is 0.104. The lowest BCUT2D eigenvalue weighted by Gasteiger charge is -2.31. The highest BCUT2D eigenvalue weighted by molar-refractivity contribution is 5.99. The van der Waals surface area contributed by atoms with Crippen LogP contribution >= 0.6 is 0 Å². The zero-order valence-corrected chi connectivity index (χ0v) is 18.5. The Balaban J connectivity index is 2.07. The van der Waals surface area contributed by atoms with Crippen LogP contribution < -0.4 is 25.4 Å². The molecule has 1 aliphatic rings. The molecular weight excluding hydrogens is 483 g/mol. The standard InChI is InChI=1S/C21H21F5N4O5/c1-3-35-17-13(5-4-12(22)16(17)23)29-10-20(34-2,21(24,25)26)9-15(29)19(32)28-11-6-7-30(33)14(8-11)18(27)31/h4-8,15H,3,9-10H2,1-2H3,(H2,27,31)(H,28,32). The summed E-state index contributed by atoms with van der Waals surface area (Å²) < 4.78 is 80.5. The molecule has 2 amide bonds. The number of hydrogen-bond acceptors (Lipinski definition) is 6. The first-order valence-corrected chi connectivity index (χ1v) is 10.2. The number of benzene rings is 1. The number of alkyl halides is 3. The first-order chi connectivity index (χ1) is 16.3. The van der Waals surface area contributed by atoms with Gasteiger partial charge in [-0.1, -0.05) is 0 Å². The Morgan fingerprint density at radius 2 is 2.00 bits per heavy atom. The molecule has 190 valence electrons. The first-order valence-electron chi connectivity index (χ1n) is 10.2. The molecule has 1 fully saturated rings. The average Bonchev–Trinajstić information content (AvgIpc) is 3.20. The molecule has 1 aromatic heterocycles. The zero-order valence-electron chi connectivity index (χ0n) is 18.5. The van der Waals surface area contributed by atoms with E-state index in [1.807, 2.05) is 0 Å². The zero-order chi connectivity index (χ0) is 26.1. The van der Waals surface area contributed by atoms with Crippen LogP contribution in [0.4, 0.5) is 33.3 Å². The first kappa shape index (κ1) is 25.9. The van der Waals surface area contributed by atoms with Crippen molar-refractivity contribution in [3.05, 3.63) is 53.0 Å². The molecule has 2 aromatic rings. The summed E-state index contributed by atoms with van der Waals surface area (Å²) in [4.78, 5) is 25.4. The second-order valence-electron chi connectivity index (χ2n) is 7.67. The van der Waals surface area contributed by atoms with Crippen molar-refractivity contribution in [1.29, 1.82) is 0 Å². The third-order valence-corrected chi connectivity index (χ3v) is 5.60. The van der Waals surface area contributed by atoms with E-state index in [1.165, 1.54) is 6.92 Å². The molecule has 3 rings (SSSR count). The van der Waals surface area contributed by atoms with Crippen molar-refractivity contribution in [2.75, 3.05) is 30.5 Å². The van der Waals surface area contributed by atoms with Crippen molar-refractivity contribution < 1.29 is 45.7 Å². The molecule has 2 unspecified atom stereocenters. The molecule has 14 heteroatoms. The highest BCUT2D eigenvalue weighted by Gasteiger charge is 2.63. The largest absolute Gasteiger partial charge is 0.618 e. The second kappa shape index (κ2) is 9.52. The van der Waals surface area contributed by atoms with E-state index in [4.69, 9.17) is 15.2 Å². The molecule has 0 spiro atoms. The third kappa shape index (κ3) is 4.78. The average molecular weight is 504 g/mol. The third-order valence-electron chi connectivity index (χ3n) is 5.60. The Bertz CT molecular complexity index is 1150. The molecule has 35 heavy (non-hydrogen) atoms. The fraction of sp³-hybridized carbons (Fsp3) is 0.381. The topological polar surface area (TPSA) is 121 Å². The highest BCUT2D eigenvalue weighted by atomic mass is 19.4. The van der Waals surface area contributed by atoms with E-state index in [1.54, 1.807) is 0 Å². The normalized spacial score (nSPS) is 20.1. The van der Waals surface area contributed by atoms with Gasteiger partial charge in [-0.2, -0.15) is 22.3 Å². The number of pyridine rings is 1. The van der Waals surface area contributed by atoms with Crippen LogP contribution in [0, 0.1) is 16.8 Å². The number of carbonyl (C=O) groups is 2. The molecule has 9 nitrogen and oxygen atoms in total. The number of ether oxygens (including phenoxy) is 2. The summed E-state index contributed by atoms with van der Waals surface area (Å²) in [5.41, 5.74) is 1.36. The minimum atomic E-state index is -4.93. The maximum atomic E-state index is 14.5. The summed E-state index contributed by atoms with van der Waals surface area (Å²) in [5.74, 6) is -5.49. The summed E-state index contributed by atoms with van der Waals surface area (Å²) >= 11 is 0. The van der Waals surface area contributed by atoms with Gasteiger partial charge in [-0.3, -0.25) is 9.59 Å². The fourth-order valence-electron chi connectivity index (χ4n) is 3.83. The van der Waals surface area contributed by atoms with Crippen LogP contribution in [-0.4, -0.2) is 49.9 Å². The van der Waals surface area contributed by atoms with Crippen molar-refractivity contribution in [2.45, 2.75) is 31.2 Å². The number of aromatic nitrogens is 1. The van der Waals surface area contributed by atoms with Gasteiger partial charge in [0.05, 0.1) is 24.5 Å². The lowest BCUT2D eigenvalue weighted by molar-refractivity contribution is -0.607. The van der Waals surface area contributed by atoms with Gasteiger partial charge in [-0.05, 0) is 19.1 Å². The lowest BCUT2D eigenvalue weighted by atomic mass is 9.99. The molecule has 2 heterocycles. The Morgan fingerprint density at radius 3 is 2.57 bits per heavy atom. The van der Waals surface area contributed by atoms with E-state index in [2.05, 4.69) is 5.32 Å². The van der Waals surface area contributed by atoms with Crippen molar-refractivity contribution in [2.24, 2.45) is 5.73 Å². The van der Waals surface area contributed by atoms with Gasteiger partial charge in [0.15, 0.2) is 23.4 Å². The molecule has 2 atom stereocenters. The quantitative estimate of drug-likeness (QED) is 0.339. The summed E-state index contributed by atoms with van der Waals surface area (Å²) in [5, 5.41) is 14.0. The molecule has 0 aliphatic carbocycles. The van der Waals surface area contributed by atoms with Crippen LogP contribution in [0.5, 0.6) is 5.75 Å². The molecular formula is C21H21F5N4O5. The van der Waals surface area contributed by atoms with E-state index in [9.17, 15) is 36.7 Å². The van der Waals surface area contributed by atoms with E-state index in [-0.39, 0.29) is 22.7 Å². The van der Waals surface area contributed by atoms with Gasteiger partial charge in [0.1, 0.15) is 6.04 Å². The molecule has 1 aromatic carbocycles. The summed E-state index contributed by atoms with van der Waals surface area (Å²) in [6.45, 7) is 0.394. The number of nitrogens with zero attached hydrogens (tertiary/aromatic N) is 2. The van der Waals surface area contributed by atoms with Crippen LogP contribution in [-0.2, 0) is 9.53 Å². The number of carbonyl (C=O) groups excluding carboxylic acids is 2. The van der Waals surface area contributed by atoms with Crippen molar-refractivity contribution in [3.8, 4) is 5.75 Å². The van der Waals surface area contributed by atoms with Crippen molar-refractivity contribution in [1.82, 2.24) is 0 Å². The number of nitrogens with two attached hydrogens (primary N) is 1. The monoisotopic (exact) mass is 504 g/mol. The van der Waals surface area contributed by atoms with Gasteiger partial charge in [0, 0.05) is 25.7 Å². The van der Waals surface area contributed by atoms with Crippen LogP contribution in [0.1, 0.15) is 23.8 Å². The molecule has 1 aliphatic heterocycles. The molecule has 0 saturated carbocycles. The maximum Gasteiger partial charge on any atom is 0.419 e. The Hall–Kier alpha value is -3.68.